The third-order valence-electron chi connectivity index (χ3n) is 4.72. The number of carbonyl (C=O) groups is 1. The molecule has 0 amide bonds. The summed E-state index contributed by atoms with van der Waals surface area (Å²) in [5.41, 5.74) is -0.368. The van der Waals surface area contributed by atoms with Gasteiger partial charge in [-0.25, -0.2) is 0 Å². The molecule has 20 heavy (non-hydrogen) atoms. The van der Waals surface area contributed by atoms with Crippen molar-refractivity contribution in [1.29, 1.82) is 0 Å². The first-order chi connectivity index (χ1) is 9.29. The molecule has 3 aliphatic heterocycles. The van der Waals surface area contributed by atoms with Crippen LogP contribution in [0.25, 0.3) is 0 Å². The normalized spacial score (nSPS) is 47.7. The fourth-order valence-electron chi connectivity index (χ4n) is 3.47. The number of rotatable bonds is 1. The van der Waals surface area contributed by atoms with Crippen LogP contribution in [0.1, 0.15) is 47.0 Å². The molecule has 2 unspecified atom stereocenters. The predicted octanol–water partition coefficient (Wildman–Crippen LogP) is 2.03. The van der Waals surface area contributed by atoms with Gasteiger partial charge in [0.2, 0.25) is 0 Å². The van der Waals surface area contributed by atoms with Crippen LogP contribution >= 0.6 is 0 Å². The van der Waals surface area contributed by atoms with Crippen molar-refractivity contribution < 1.29 is 23.7 Å². The van der Waals surface area contributed by atoms with Crippen molar-refractivity contribution in [2.45, 2.75) is 76.7 Å². The molecular weight excluding hydrogens is 260 g/mol. The second-order valence-electron chi connectivity index (χ2n) is 6.96. The largest absolute Gasteiger partial charge is 0.460 e. The number of carbonyl (C=O) groups excluding carboxylic acids is 1. The molecule has 0 aromatic carbocycles. The SMILES string of the molecule is C[C@@H]1CC(=O)OC2CC[C@@](C)([C@H]3COC(C)(C)O3)OC21. The molecule has 0 aromatic rings. The fraction of sp³-hybridized carbons (Fsp3) is 0.933. The lowest BCUT2D eigenvalue weighted by Gasteiger charge is -2.48. The van der Waals surface area contributed by atoms with E-state index < -0.39 is 5.79 Å². The topological polar surface area (TPSA) is 54.0 Å². The van der Waals surface area contributed by atoms with Crippen LogP contribution in [0, 0.1) is 5.92 Å². The van der Waals surface area contributed by atoms with Gasteiger partial charge in [-0.1, -0.05) is 6.92 Å². The molecule has 3 aliphatic rings. The van der Waals surface area contributed by atoms with E-state index in [4.69, 9.17) is 18.9 Å². The molecule has 114 valence electrons. The lowest BCUT2D eigenvalue weighted by Crippen LogP contribution is -2.57. The van der Waals surface area contributed by atoms with Gasteiger partial charge in [0.05, 0.1) is 24.7 Å². The molecule has 0 aliphatic carbocycles. The zero-order valence-corrected chi connectivity index (χ0v) is 12.7. The summed E-state index contributed by atoms with van der Waals surface area (Å²) in [6, 6.07) is 0. The average molecular weight is 284 g/mol. The Morgan fingerprint density at radius 1 is 1.20 bits per heavy atom. The Balaban J connectivity index is 1.72. The second kappa shape index (κ2) is 4.68. The minimum absolute atomic E-state index is 0.0289. The Morgan fingerprint density at radius 2 is 1.95 bits per heavy atom. The van der Waals surface area contributed by atoms with E-state index in [0.29, 0.717) is 13.0 Å². The maximum absolute atomic E-state index is 11.5. The van der Waals surface area contributed by atoms with E-state index in [-0.39, 0.29) is 35.8 Å². The summed E-state index contributed by atoms with van der Waals surface area (Å²) >= 11 is 0. The number of fused-ring (bicyclic) bond motifs is 1. The molecule has 5 nitrogen and oxygen atoms in total. The van der Waals surface area contributed by atoms with E-state index in [0.717, 1.165) is 12.8 Å². The van der Waals surface area contributed by atoms with Crippen molar-refractivity contribution in [3.05, 3.63) is 0 Å². The summed E-state index contributed by atoms with van der Waals surface area (Å²) in [5, 5.41) is 0. The Bertz CT molecular complexity index is 407. The third-order valence-corrected chi connectivity index (χ3v) is 4.72. The van der Waals surface area contributed by atoms with Crippen LogP contribution in [0.15, 0.2) is 0 Å². The van der Waals surface area contributed by atoms with Crippen LogP contribution in [0.5, 0.6) is 0 Å². The van der Waals surface area contributed by atoms with Gasteiger partial charge in [-0.3, -0.25) is 4.79 Å². The highest BCUT2D eigenvalue weighted by Gasteiger charge is 2.52. The molecule has 3 saturated heterocycles. The molecule has 5 heteroatoms. The van der Waals surface area contributed by atoms with E-state index in [9.17, 15) is 4.79 Å². The van der Waals surface area contributed by atoms with Crippen LogP contribution in [0.4, 0.5) is 0 Å². The fourth-order valence-corrected chi connectivity index (χ4v) is 3.47. The van der Waals surface area contributed by atoms with Crippen molar-refractivity contribution in [1.82, 2.24) is 0 Å². The number of hydrogen-bond acceptors (Lipinski definition) is 5. The van der Waals surface area contributed by atoms with E-state index >= 15 is 0 Å². The zero-order valence-electron chi connectivity index (χ0n) is 12.7. The van der Waals surface area contributed by atoms with Gasteiger partial charge in [0.15, 0.2) is 5.79 Å². The Morgan fingerprint density at radius 3 is 2.60 bits per heavy atom. The first-order valence-corrected chi connectivity index (χ1v) is 7.48. The van der Waals surface area contributed by atoms with Gasteiger partial charge >= 0.3 is 5.97 Å². The third kappa shape index (κ3) is 2.47. The minimum atomic E-state index is -0.543. The first-order valence-electron chi connectivity index (χ1n) is 7.48. The van der Waals surface area contributed by atoms with Gasteiger partial charge in [0, 0.05) is 0 Å². The smallest absolute Gasteiger partial charge is 0.306 e. The van der Waals surface area contributed by atoms with Crippen molar-refractivity contribution in [3.8, 4) is 0 Å². The number of hydrogen-bond donors (Lipinski definition) is 0. The van der Waals surface area contributed by atoms with Gasteiger partial charge < -0.3 is 18.9 Å². The summed E-state index contributed by atoms with van der Waals surface area (Å²) in [6.07, 6.45) is 1.89. The minimum Gasteiger partial charge on any atom is -0.460 e. The van der Waals surface area contributed by atoms with Crippen LogP contribution < -0.4 is 0 Å². The van der Waals surface area contributed by atoms with E-state index in [1.54, 1.807) is 0 Å². The van der Waals surface area contributed by atoms with E-state index in [2.05, 4.69) is 13.8 Å². The molecule has 0 saturated carbocycles. The number of esters is 1. The zero-order chi connectivity index (χ0) is 14.5. The Labute approximate surface area is 119 Å². The first kappa shape index (κ1) is 14.3. The lowest BCUT2D eigenvalue weighted by atomic mass is 9.82. The summed E-state index contributed by atoms with van der Waals surface area (Å²) in [5.74, 6) is -0.456. The van der Waals surface area contributed by atoms with Crippen LogP contribution in [-0.2, 0) is 23.7 Å². The highest BCUT2D eigenvalue weighted by atomic mass is 16.8. The highest BCUT2D eigenvalue weighted by molar-refractivity contribution is 5.70. The van der Waals surface area contributed by atoms with Crippen molar-refractivity contribution >= 4 is 5.97 Å². The lowest BCUT2D eigenvalue weighted by molar-refractivity contribution is -0.250. The van der Waals surface area contributed by atoms with E-state index in [1.165, 1.54) is 0 Å². The average Bonchev–Trinajstić information content (AvgIpc) is 2.72. The van der Waals surface area contributed by atoms with Crippen molar-refractivity contribution in [2.75, 3.05) is 6.61 Å². The summed E-state index contributed by atoms with van der Waals surface area (Å²) in [4.78, 5) is 11.5. The second-order valence-corrected chi connectivity index (χ2v) is 6.96. The molecule has 0 bridgehead atoms. The predicted molar refractivity (Wildman–Crippen MR) is 71.1 cm³/mol. The maximum atomic E-state index is 11.5. The van der Waals surface area contributed by atoms with Crippen LogP contribution in [-0.4, -0.2) is 42.3 Å². The highest BCUT2D eigenvalue weighted by Crippen LogP contribution is 2.42. The molecule has 3 fully saturated rings. The molecule has 3 heterocycles. The maximum Gasteiger partial charge on any atom is 0.306 e. The molecular formula is C15H24O5. The molecule has 0 N–H and O–H groups in total. The van der Waals surface area contributed by atoms with Gasteiger partial charge in [0.1, 0.15) is 12.2 Å². The van der Waals surface area contributed by atoms with Gasteiger partial charge in [-0.2, -0.15) is 0 Å². The standard InChI is InChI=1S/C15H24O5/c1-9-7-12(16)18-10-5-6-15(4,20-13(9)10)11-8-17-14(2,3)19-11/h9-11,13H,5-8H2,1-4H3/t9-,10?,11-,13?,15+/m1/s1. The van der Waals surface area contributed by atoms with Crippen molar-refractivity contribution in [3.63, 3.8) is 0 Å². The Hall–Kier alpha value is -0.650. The van der Waals surface area contributed by atoms with Crippen molar-refractivity contribution in [2.24, 2.45) is 5.92 Å². The van der Waals surface area contributed by atoms with Gasteiger partial charge in [-0.15, -0.1) is 0 Å². The van der Waals surface area contributed by atoms with E-state index in [1.807, 2.05) is 13.8 Å². The summed E-state index contributed by atoms with van der Waals surface area (Å²) in [6.45, 7) is 8.54. The monoisotopic (exact) mass is 284 g/mol. The molecule has 0 aromatic heterocycles. The summed E-state index contributed by atoms with van der Waals surface area (Å²) in [7, 11) is 0. The number of ether oxygens (including phenoxy) is 4. The van der Waals surface area contributed by atoms with Crippen LogP contribution in [0.2, 0.25) is 0 Å². The Kier molecular flexibility index (Phi) is 3.35. The van der Waals surface area contributed by atoms with Gasteiger partial charge in [0.25, 0.3) is 0 Å². The molecule has 5 atom stereocenters. The van der Waals surface area contributed by atoms with Gasteiger partial charge in [-0.05, 0) is 39.5 Å². The summed E-state index contributed by atoms with van der Waals surface area (Å²) < 4.78 is 23.4. The quantitative estimate of drug-likeness (QED) is 0.690. The molecule has 0 spiro atoms. The molecule has 3 rings (SSSR count). The van der Waals surface area contributed by atoms with Crippen LogP contribution in [0.3, 0.4) is 0 Å². The molecule has 0 radical (unpaired) electrons.